The molecular formula is C30H18N6. The number of aromatic nitrogens is 6. The van der Waals surface area contributed by atoms with Crippen LogP contribution in [-0.4, -0.2) is 29.1 Å². The van der Waals surface area contributed by atoms with Gasteiger partial charge in [0.25, 0.3) is 0 Å². The number of pyridine rings is 4. The SMILES string of the molecule is c1ccc(-n2c3ccccc3c3c2ncc2c4ncccc4n(-c4cc5ncccc5cn4)c23)cc1. The molecule has 2 aromatic carbocycles. The molecule has 36 heavy (non-hydrogen) atoms. The molecule has 6 nitrogen and oxygen atoms in total. The summed E-state index contributed by atoms with van der Waals surface area (Å²) in [5.74, 6) is 0.804. The van der Waals surface area contributed by atoms with Crippen molar-refractivity contribution < 1.29 is 0 Å². The second-order valence-electron chi connectivity index (χ2n) is 8.85. The first-order valence-corrected chi connectivity index (χ1v) is 11.8. The fourth-order valence-corrected chi connectivity index (χ4v) is 5.37. The maximum Gasteiger partial charge on any atom is 0.147 e. The van der Waals surface area contributed by atoms with E-state index in [1.165, 1.54) is 0 Å². The summed E-state index contributed by atoms with van der Waals surface area (Å²) in [5.41, 5.74) is 6.92. The Balaban J connectivity index is 1.61. The first kappa shape index (κ1) is 19.2. The lowest BCUT2D eigenvalue weighted by molar-refractivity contribution is 1.09. The van der Waals surface area contributed by atoms with E-state index < -0.39 is 0 Å². The minimum absolute atomic E-state index is 0.804. The molecule has 8 aromatic rings. The summed E-state index contributed by atoms with van der Waals surface area (Å²) < 4.78 is 4.44. The van der Waals surface area contributed by atoms with E-state index in [0.29, 0.717) is 0 Å². The van der Waals surface area contributed by atoms with Crippen LogP contribution in [0.3, 0.4) is 0 Å². The fraction of sp³-hybridized carbons (Fsp3) is 0. The first-order valence-electron chi connectivity index (χ1n) is 11.8. The molecule has 0 atom stereocenters. The number of para-hydroxylation sites is 2. The Morgan fingerprint density at radius 2 is 1.39 bits per heavy atom. The molecule has 0 radical (unpaired) electrons. The van der Waals surface area contributed by atoms with Gasteiger partial charge < -0.3 is 0 Å². The highest BCUT2D eigenvalue weighted by Gasteiger charge is 2.22. The van der Waals surface area contributed by atoms with Crippen LogP contribution in [0.25, 0.3) is 66.3 Å². The van der Waals surface area contributed by atoms with E-state index in [9.17, 15) is 0 Å². The van der Waals surface area contributed by atoms with Gasteiger partial charge in [0, 0.05) is 52.7 Å². The van der Waals surface area contributed by atoms with Crippen molar-refractivity contribution >= 4 is 54.8 Å². The first-order chi connectivity index (χ1) is 17.9. The van der Waals surface area contributed by atoms with Gasteiger partial charge in [0.05, 0.1) is 33.0 Å². The summed E-state index contributed by atoms with van der Waals surface area (Å²) in [6, 6.07) is 28.9. The van der Waals surface area contributed by atoms with Gasteiger partial charge in [0.2, 0.25) is 0 Å². The summed E-state index contributed by atoms with van der Waals surface area (Å²) in [4.78, 5) is 19.2. The molecule has 0 bridgehead atoms. The van der Waals surface area contributed by atoms with Gasteiger partial charge in [0.1, 0.15) is 11.5 Å². The minimum Gasteiger partial charge on any atom is -0.294 e. The van der Waals surface area contributed by atoms with E-state index in [0.717, 1.165) is 66.3 Å². The van der Waals surface area contributed by atoms with Crippen LogP contribution in [0.4, 0.5) is 0 Å². The van der Waals surface area contributed by atoms with Gasteiger partial charge in [-0.2, -0.15) is 0 Å². The van der Waals surface area contributed by atoms with Crippen LogP contribution in [0.15, 0.2) is 110 Å². The van der Waals surface area contributed by atoms with Gasteiger partial charge in [0.15, 0.2) is 0 Å². The fourth-order valence-electron chi connectivity index (χ4n) is 5.37. The summed E-state index contributed by atoms with van der Waals surface area (Å²) in [6.45, 7) is 0. The largest absolute Gasteiger partial charge is 0.294 e. The highest BCUT2D eigenvalue weighted by molar-refractivity contribution is 6.24. The van der Waals surface area contributed by atoms with E-state index >= 15 is 0 Å². The molecule has 8 rings (SSSR count). The van der Waals surface area contributed by atoms with Gasteiger partial charge in [-0.1, -0.05) is 36.4 Å². The van der Waals surface area contributed by atoms with Crippen molar-refractivity contribution in [2.75, 3.05) is 0 Å². The topological polar surface area (TPSA) is 61.4 Å². The van der Waals surface area contributed by atoms with Crippen LogP contribution in [0, 0.1) is 0 Å². The zero-order valence-electron chi connectivity index (χ0n) is 19.1. The molecule has 0 aliphatic rings. The Kier molecular flexibility index (Phi) is 3.85. The van der Waals surface area contributed by atoms with Gasteiger partial charge in [-0.05, 0) is 42.5 Å². The maximum absolute atomic E-state index is 5.01. The summed E-state index contributed by atoms with van der Waals surface area (Å²) >= 11 is 0. The van der Waals surface area contributed by atoms with E-state index in [2.05, 4.69) is 68.7 Å². The quantitative estimate of drug-likeness (QED) is 0.290. The predicted octanol–water partition coefficient (Wildman–Crippen LogP) is 6.61. The number of nitrogens with zero attached hydrogens (tertiary/aromatic N) is 6. The van der Waals surface area contributed by atoms with Gasteiger partial charge in [-0.3, -0.25) is 19.1 Å². The number of rotatable bonds is 2. The second kappa shape index (κ2) is 7.20. The summed E-state index contributed by atoms with van der Waals surface area (Å²) in [7, 11) is 0. The Labute approximate surface area is 205 Å². The molecule has 0 fully saturated rings. The number of benzene rings is 2. The zero-order valence-corrected chi connectivity index (χ0v) is 19.1. The molecule has 0 aliphatic carbocycles. The van der Waals surface area contributed by atoms with Crippen LogP contribution in [-0.2, 0) is 0 Å². The van der Waals surface area contributed by atoms with Crippen molar-refractivity contribution in [3.8, 4) is 11.5 Å². The molecule has 0 aliphatic heterocycles. The Bertz CT molecular complexity index is 2100. The molecule has 0 spiro atoms. The average molecular weight is 463 g/mol. The molecule has 6 heterocycles. The van der Waals surface area contributed by atoms with Crippen molar-refractivity contribution in [1.29, 1.82) is 0 Å². The Morgan fingerprint density at radius 1 is 0.583 bits per heavy atom. The number of fused-ring (bicyclic) bond motifs is 8. The molecule has 6 aromatic heterocycles. The number of hydrogen-bond donors (Lipinski definition) is 0. The third-order valence-corrected chi connectivity index (χ3v) is 6.88. The standard InChI is InChI=1S/C30H18N6/c1-2-9-20(10-3-1)35-24-12-5-4-11-21(24)27-29-22(18-34-30(27)35)28-25(13-7-15-32-28)36(29)26-16-23-19(17-33-26)8-6-14-31-23/h1-18H. The Morgan fingerprint density at radius 3 is 2.33 bits per heavy atom. The third-order valence-electron chi connectivity index (χ3n) is 6.88. The van der Waals surface area contributed by atoms with Crippen molar-refractivity contribution in [3.63, 3.8) is 0 Å². The third kappa shape index (κ3) is 2.55. The lowest BCUT2D eigenvalue weighted by atomic mass is 10.1. The van der Waals surface area contributed by atoms with Gasteiger partial charge in [-0.25, -0.2) is 9.97 Å². The molecule has 0 saturated carbocycles. The normalized spacial score (nSPS) is 11.9. The predicted molar refractivity (Wildman–Crippen MR) is 144 cm³/mol. The van der Waals surface area contributed by atoms with Crippen LogP contribution in [0.2, 0.25) is 0 Å². The van der Waals surface area contributed by atoms with Gasteiger partial charge >= 0.3 is 0 Å². The monoisotopic (exact) mass is 462 g/mol. The molecular weight excluding hydrogens is 444 g/mol. The summed E-state index contributed by atoms with van der Waals surface area (Å²) in [5, 5.41) is 4.22. The van der Waals surface area contributed by atoms with Crippen LogP contribution < -0.4 is 0 Å². The van der Waals surface area contributed by atoms with Crippen LogP contribution in [0.5, 0.6) is 0 Å². The lowest BCUT2D eigenvalue weighted by Crippen LogP contribution is -1.99. The average Bonchev–Trinajstić information content (AvgIpc) is 3.46. The van der Waals surface area contributed by atoms with Crippen LogP contribution in [0.1, 0.15) is 0 Å². The smallest absolute Gasteiger partial charge is 0.147 e. The molecule has 0 amide bonds. The van der Waals surface area contributed by atoms with E-state index in [1.54, 1.807) is 0 Å². The molecule has 168 valence electrons. The molecule has 6 heteroatoms. The zero-order chi connectivity index (χ0) is 23.6. The summed E-state index contributed by atoms with van der Waals surface area (Å²) in [6.07, 6.45) is 7.48. The maximum atomic E-state index is 5.01. The molecule has 0 N–H and O–H groups in total. The van der Waals surface area contributed by atoms with Crippen molar-refractivity contribution in [3.05, 3.63) is 110 Å². The lowest BCUT2D eigenvalue weighted by Gasteiger charge is -2.09. The second-order valence-corrected chi connectivity index (χ2v) is 8.85. The van der Waals surface area contributed by atoms with E-state index in [4.69, 9.17) is 15.0 Å². The van der Waals surface area contributed by atoms with E-state index in [-0.39, 0.29) is 0 Å². The number of hydrogen-bond acceptors (Lipinski definition) is 4. The van der Waals surface area contributed by atoms with Crippen molar-refractivity contribution in [2.24, 2.45) is 0 Å². The van der Waals surface area contributed by atoms with Crippen molar-refractivity contribution in [2.45, 2.75) is 0 Å². The highest BCUT2D eigenvalue weighted by atomic mass is 15.1. The molecule has 0 saturated heterocycles. The Hall–Kier alpha value is -5.10. The van der Waals surface area contributed by atoms with Crippen molar-refractivity contribution in [1.82, 2.24) is 29.1 Å². The highest BCUT2D eigenvalue weighted by Crippen LogP contribution is 2.40. The van der Waals surface area contributed by atoms with Crippen LogP contribution >= 0.6 is 0 Å². The van der Waals surface area contributed by atoms with E-state index in [1.807, 2.05) is 55.1 Å². The van der Waals surface area contributed by atoms with Gasteiger partial charge in [-0.15, -0.1) is 0 Å². The minimum atomic E-state index is 0.804. The molecule has 0 unspecified atom stereocenters.